The van der Waals surface area contributed by atoms with E-state index in [1.807, 2.05) is 36.4 Å². The average Bonchev–Trinajstić information content (AvgIpc) is 2.77. The summed E-state index contributed by atoms with van der Waals surface area (Å²) in [4.78, 5) is 0. The second kappa shape index (κ2) is 10.2. The van der Waals surface area contributed by atoms with Crippen LogP contribution >= 0.6 is 0 Å². The Morgan fingerprint density at radius 1 is 0.533 bits per heavy atom. The normalized spacial score (nSPS) is 9.80. The topological polar surface area (TPSA) is 99.1 Å². The highest BCUT2D eigenvalue weighted by atomic mass is 16.5. The molecule has 0 aliphatic carbocycles. The van der Waals surface area contributed by atoms with Crippen LogP contribution in [0.25, 0.3) is 0 Å². The molecule has 0 fully saturated rings. The van der Waals surface area contributed by atoms with E-state index in [9.17, 15) is 0 Å². The quantitative estimate of drug-likeness (QED) is 0.506. The van der Waals surface area contributed by atoms with Crippen molar-refractivity contribution in [2.24, 2.45) is 0 Å². The number of hydrogen-bond donors (Lipinski definition) is 0. The summed E-state index contributed by atoms with van der Waals surface area (Å²) < 4.78 is 14.6. The zero-order chi connectivity index (χ0) is 21.2. The van der Waals surface area contributed by atoms with Crippen molar-refractivity contribution in [3.8, 4) is 36.0 Å². The third kappa shape index (κ3) is 5.52. The summed E-state index contributed by atoms with van der Waals surface area (Å²) in [6.45, 7) is 0. The summed E-state index contributed by atoms with van der Waals surface area (Å²) in [7, 11) is 0. The van der Waals surface area contributed by atoms with E-state index < -0.39 is 0 Å². The highest BCUT2D eigenvalue weighted by Crippen LogP contribution is 2.28. The van der Waals surface area contributed by atoms with Crippen molar-refractivity contribution < 1.29 is 14.2 Å². The Hall–Kier alpha value is -4.47. The molecule has 0 bridgehead atoms. The summed E-state index contributed by atoms with van der Waals surface area (Å²) in [5.41, 5.74) is 3.31. The van der Waals surface area contributed by atoms with Crippen molar-refractivity contribution in [2.45, 2.75) is 18.8 Å². The highest BCUT2D eigenvalue weighted by molar-refractivity contribution is 5.35. The molecule has 6 heteroatoms. The molecular weight excluding hydrogens is 378 g/mol. The lowest BCUT2D eigenvalue weighted by molar-refractivity contribution is 0.505. The Bertz CT molecular complexity index is 1030. The summed E-state index contributed by atoms with van der Waals surface area (Å²) in [5.74, 6) is 1.66. The molecule has 3 rings (SSSR count). The van der Waals surface area contributed by atoms with Gasteiger partial charge in [0, 0.05) is 0 Å². The second-order valence-electron chi connectivity index (χ2n) is 6.54. The van der Waals surface area contributed by atoms with Crippen LogP contribution in [0.4, 0.5) is 0 Å². The predicted octanol–water partition coefficient (Wildman–Crippen LogP) is 4.84. The fraction of sp³-hybridized carbons (Fsp3) is 0.125. The summed E-state index contributed by atoms with van der Waals surface area (Å²) in [6, 6.07) is 22.3. The van der Waals surface area contributed by atoms with Crippen LogP contribution in [0.3, 0.4) is 0 Å². The highest BCUT2D eigenvalue weighted by Gasteiger charge is 2.15. The molecule has 6 nitrogen and oxygen atoms in total. The first-order valence-electron chi connectivity index (χ1n) is 9.17. The molecule has 0 heterocycles. The Balaban J connectivity index is 1.83. The Morgan fingerprint density at radius 3 is 1.20 bits per heavy atom. The van der Waals surface area contributed by atoms with Crippen LogP contribution in [-0.4, -0.2) is 0 Å². The SMILES string of the molecule is N#COc1ccc(CC(Cc2ccc(OC#N)cc2)c2ccc(OC#N)cc2)cc1. The van der Waals surface area contributed by atoms with E-state index in [0.717, 1.165) is 29.5 Å². The zero-order valence-corrected chi connectivity index (χ0v) is 16.0. The molecule has 0 saturated heterocycles. The Kier molecular flexibility index (Phi) is 6.88. The first kappa shape index (κ1) is 20.3. The first-order chi connectivity index (χ1) is 14.7. The van der Waals surface area contributed by atoms with Gasteiger partial charge >= 0.3 is 0 Å². The lowest BCUT2D eigenvalue weighted by atomic mass is 9.86. The minimum atomic E-state index is 0.159. The number of nitriles is 3. The van der Waals surface area contributed by atoms with Gasteiger partial charge in [0.25, 0.3) is 18.8 Å². The molecule has 0 saturated carbocycles. The van der Waals surface area contributed by atoms with E-state index in [1.54, 1.807) is 55.2 Å². The van der Waals surface area contributed by atoms with Gasteiger partial charge in [-0.3, -0.25) is 0 Å². The van der Waals surface area contributed by atoms with Crippen LogP contribution in [0.5, 0.6) is 17.2 Å². The third-order valence-corrected chi connectivity index (χ3v) is 4.65. The van der Waals surface area contributed by atoms with Gasteiger partial charge in [-0.05, 0) is 71.8 Å². The lowest BCUT2D eigenvalue weighted by Gasteiger charge is -2.18. The number of ether oxygens (including phenoxy) is 3. The van der Waals surface area contributed by atoms with Crippen molar-refractivity contribution in [1.29, 1.82) is 15.8 Å². The third-order valence-electron chi connectivity index (χ3n) is 4.65. The van der Waals surface area contributed by atoms with Gasteiger partial charge in [0.05, 0.1) is 0 Å². The molecule has 0 unspecified atom stereocenters. The van der Waals surface area contributed by atoms with Crippen LogP contribution in [-0.2, 0) is 12.8 Å². The monoisotopic (exact) mass is 395 g/mol. The van der Waals surface area contributed by atoms with Crippen LogP contribution in [0.15, 0.2) is 72.8 Å². The van der Waals surface area contributed by atoms with Crippen molar-refractivity contribution in [2.75, 3.05) is 0 Å². The summed E-state index contributed by atoms with van der Waals surface area (Å²) in [6.07, 6.45) is 6.54. The number of nitrogens with zero attached hydrogens (tertiary/aromatic N) is 3. The van der Waals surface area contributed by atoms with E-state index in [2.05, 4.69) is 0 Å². The van der Waals surface area contributed by atoms with Gasteiger partial charge in [-0.15, -0.1) is 15.8 Å². The summed E-state index contributed by atoms with van der Waals surface area (Å²) in [5, 5.41) is 25.9. The molecular formula is C24H17N3O3. The van der Waals surface area contributed by atoms with E-state index in [0.29, 0.717) is 17.2 Å². The number of benzene rings is 3. The minimum Gasteiger partial charge on any atom is -0.388 e. The van der Waals surface area contributed by atoms with Crippen LogP contribution in [0, 0.1) is 34.6 Å². The maximum Gasteiger partial charge on any atom is 0.292 e. The van der Waals surface area contributed by atoms with Crippen molar-refractivity contribution >= 4 is 0 Å². The van der Waals surface area contributed by atoms with Gasteiger partial charge in [0.15, 0.2) is 0 Å². The van der Waals surface area contributed by atoms with Gasteiger partial charge in [0.1, 0.15) is 17.2 Å². The van der Waals surface area contributed by atoms with E-state index in [1.165, 1.54) is 0 Å². The van der Waals surface area contributed by atoms with Crippen molar-refractivity contribution in [1.82, 2.24) is 0 Å². The molecule has 0 radical (unpaired) electrons. The summed E-state index contributed by atoms with van der Waals surface area (Å²) >= 11 is 0. The number of hydrogen-bond acceptors (Lipinski definition) is 6. The molecule has 0 N–H and O–H groups in total. The standard InChI is InChI=1S/C24H17N3O3/c25-15-28-22-7-1-18(2-8-22)13-21(20-5-11-24(12-6-20)30-17-27)14-19-3-9-23(10-4-19)29-16-26/h1-12,21H,13-14H2. The zero-order valence-electron chi connectivity index (χ0n) is 16.0. The molecule has 3 aromatic rings. The molecule has 0 aromatic heterocycles. The van der Waals surface area contributed by atoms with Gasteiger partial charge < -0.3 is 14.2 Å². The van der Waals surface area contributed by atoms with Crippen LogP contribution in [0.2, 0.25) is 0 Å². The lowest BCUT2D eigenvalue weighted by Crippen LogP contribution is -2.07. The smallest absolute Gasteiger partial charge is 0.292 e. The van der Waals surface area contributed by atoms with Crippen LogP contribution in [0.1, 0.15) is 22.6 Å². The molecule has 146 valence electrons. The Morgan fingerprint density at radius 2 is 0.867 bits per heavy atom. The molecule has 0 atom stereocenters. The maximum atomic E-state index is 8.68. The van der Waals surface area contributed by atoms with E-state index in [4.69, 9.17) is 30.0 Å². The number of rotatable bonds is 8. The first-order valence-corrected chi connectivity index (χ1v) is 9.17. The fourth-order valence-electron chi connectivity index (χ4n) is 3.23. The van der Waals surface area contributed by atoms with E-state index >= 15 is 0 Å². The molecule has 3 aromatic carbocycles. The van der Waals surface area contributed by atoms with Crippen molar-refractivity contribution in [3.63, 3.8) is 0 Å². The van der Waals surface area contributed by atoms with Gasteiger partial charge in [-0.25, -0.2) is 0 Å². The van der Waals surface area contributed by atoms with Gasteiger partial charge in [0.2, 0.25) is 0 Å². The molecule has 0 aliphatic rings. The average molecular weight is 395 g/mol. The Labute approximate surface area is 174 Å². The van der Waals surface area contributed by atoms with Crippen molar-refractivity contribution in [3.05, 3.63) is 89.5 Å². The predicted molar refractivity (Wildman–Crippen MR) is 108 cm³/mol. The molecule has 30 heavy (non-hydrogen) atoms. The van der Waals surface area contributed by atoms with Gasteiger partial charge in [-0.1, -0.05) is 36.4 Å². The fourth-order valence-corrected chi connectivity index (χ4v) is 3.23. The minimum absolute atomic E-state index is 0.159. The largest absolute Gasteiger partial charge is 0.388 e. The van der Waals surface area contributed by atoms with Gasteiger partial charge in [-0.2, -0.15) is 0 Å². The maximum absolute atomic E-state index is 8.68. The molecule has 0 aliphatic heterocycles. The molecule has 0 amide bonds. The van der Waals surface area contributed by atoms with E-state index in [-0.39, 0.29) is 5.92 Å². The second-order valence-corrected chi connectivity index (χ2v) is 6.54. The molecule has 0 spiro atoms. The van der Waals surface area contributed by atoms with Crippen LogP contribution < -0.4 is 14.2 Å².